The van der Waals surface area contributed by atoms with Crippen molar-refractivity contribution in [1.82, 2.24) is 15.5 Å². The van der Waals surface area contributed by atoms with E-state index in [0.717, 1.165) is 18.4 Å². The summed E-state index contributed by atoms with van der Waals surface area (Å²) in [5, 5.41) is 6.30. The van der Waals surface area contributed by atoms with Gasteiger partial charge in [0.1, 0.15) is 11.8 Å². The molecule has 1 aromatic rings. The van der Waals surface area contributed by atoms with Crippen molar-refractivity contribution in [2.75, 3.05) is 6.61 Å². The van der Waals surface area contributed by atoms with Crippen molar-refractivity contribution in [3.05, 3.63) is 29.8 Å². The molecule has 0 bridgehead atoms. The molecule has 0 spiro atoms. The molecule has 2 aliphatic rings. The van der Waals surface area contributed by atoms with Gasteiger partial charge in [0.15, 0.2) is 11.7 Å². The van der Waals surface area contributed by atoms with Crippen molar-refractivity contribution in [3.8, 4) is 5.75 Å². The Labute approximate surface area is 146 Å². The van der Waals surface area contributed by atoms with Crippen LogP contribution in [0.5, 0.6) is 5.75 Å². The molecule has 24 heavy (non-hydrogen) atoms. The van der Waals surface area contributed by atoms with Crippen LogP contribution in [0.15, 0.2) is 24.3 Å². The van der Waals surface area contributed by atoms with Crippen molar-refractivity contribution < 1.29 is 14.3 Å². The Morgan fingerprint density at radius 3 is 2.62 bits per heavy atom. The first-order valence-corrected chi connectivity index (χ1v) is 8.52. The number of carbonyl (C=O) groups is 2. The molecular weight excluding hydrogens is 326 g/mol. The Morgan fingerprint density at radius 2 is 2.08 bits per heavy atom. The van der Waals surface area contributed by atoms with Gasteiger partial charge in [0.25, 0.3) is 11.8 Å². The smallest absolute Gasteiger partial charge is 0.258 e. The molecular formula is C17H21N3O3S. The van der Waals surface area contributed by atoms with Crippen molar-refractivity contribution in [2.45, 2.75) is 44.8 Å². The predicted octanol–water partition coefficient (Wildman–Crippen LogP) is 1.51. The van der Waals surface area contributed by atoms with Gasteiger partial charge in [0, 0.05) is 6.04 Å². The van der Waals surface area contributed by atoms with Gasteiger partial charge in [-0.25, -0.2) is 0 Å². The molecule has 1 heterocycles. The number of benzene rings is 1. The summed E-state index contributed by atoms with van der Waals surface area (Å²) in [7, 11) is 0. The quantitative estimate of drug-likeness (QED) is 0.764. The van der Waals surface area contributed by atoms with Crippen LogP contribution < -0.4 is 15.4 Å². The number of amides is 2. The normalized spacial score (nSPS) is 21.4. The van der Waals surface area contributed by atoms with E-state index in [1.54, 1.807) is 24.0 Å². The number of nitrogens with zero attached hydrogens (tertiary/aromatic N) is 1. The zero-order valence-electron chi connectivity index (χ0n) is 13.7. The highest BCUT2D eigenvalue weighted by atomic mass is 32.1. The highest BCUT2D eigenvalue weighted by Crippen LogP contribution is 2.26. The van der Waals surface area contributed by atoms with E-state index in [0.29, 0.717) is 16.9 Å². The van der Waals surface area contributed by atoms with Crippen LogP contribution in [0.2, 0.25) is 0 Å². The van der Waals surface area contributed by atoms with E-state index in [9.17, 15) is 9.59 Å². The number of rotatable bonds is 6. The Bertz CT molecular complexity index is 658. The monoisotopic (exact) mass is 347 g/mol. The van der Waals surface area contributed by atoms with E-state index in [1.165, 1.54) is 0 Å². The first kappa shape index (κ1) is 16.7. The lowest BCUT2D eigenvalue weighted by Crippen LogP contribution is -2.33. The Kier molecular flexibility index (Phi) is 4.71. The zero-order valence-corrected chi connectivity index (χ0v) is 14.6. The number of hydrogen-bond acceptors (Lipinski definition) is 4. The molecule has 0 radical (unpaired) electrons. The first-order valence-electron chi connectivity index (χ1n) is 8.11. The minimum Gasteiger partial charge on any atom is -0.484 e. The van der Waals surface area contributed by atoms with Gasteiger partial charge in [-0.1, -0.05) is 12.1 Å². The van der Waals surface area contributed by atoms with E-state index in [-0.39, 0.29) is 30.5 Å². The lowest BCUT2D eigenvalue weighted by atomic mass is 10.1. The summed E-state index contributed by atoms with van der Waals surface area (Å²) in [6.07, 6.45) is 2.12. The van der Waals surface area contributed by atoms with Gasteiger partial charge in [0.2, 0.25) is 0 Å². The average molecular weight is 347 g/mol. The van der Waals surface area contributed by atoms with E-state index in [1.807, 2.05) is 19.1 Å². The van der Waals surface area contributed by atoms with Gasteiger partial charge in [-0.05, 0) is 56.6 Å². The lowest BCUT2D eigenvalue weighted by molar-refractivity contribution is -0.128. The molecule has 3 rings (SSSR count). The minimum absolute atomic E-state index is 0.0154. The van der Waals surface area contributed by atoms with Crippen LogP contribution in [0.1, 0.15) is 38.3 Å². The minimum atomic E-state index is -0.285. The molecule has 1 saturated heterocycles. The average Bonchev–Trinajstić information content (AvgIpc) is 3.32. The molecule has 7 heteroatoms. The van der Waals surface area contributed by atoms with E-state index in [2.05, 4.69) is 10.6 Å². The standard InChI is InChI=1S/C17H21N3O3S/c1-10-16(22)20(17(24)18-10)11(2)12-3-7-14(8-4-12)23-9-15(21)19-13-5-6-13/h3-4,7-8,10-11,13H,5-6,9H2,1-2H3,(H,18,24)(H,19,21)/t10-,11-/m1/s1. The zero-order chi connectivity index (χ0) is 17.3. The third-order valence-corrected chi connectivity index (χ3v) is 4.54. The number of hydrogen-bond donors (Lipinski definition) is 2. The molecule has 0 aromatic heterocycles. The molecule has 2 amide bonds. The predicted molar refractivity (Wildman–Crippen MR) is 93.6 cm³/mol. The number of thiocarbonyl (C=S) groups is 1. The Hall–Kier alpha value is -2.15. The third-order valence-electron chi connectivity index (χ3n) is 4.23. The molecule has 1 aliphatic carbocycles. The van der Waals surface area contributed by atoms with Gasteiger partial charge in [-0.2, -0.15) is 0 Å². The van der Waals surface area contributed by atoms with Crippen molar-refractivity contribution >= 4 is 29.1 Å². The molecule has 2 fully saturated rings. The van der Waals surface area contributed by atoms with Gasteiger partial charge in [-0.15, -0.1) is 0 Å². The van der Waals surface area contributed by atoms with Crippen molar-refractivity contribution in [1.29, 1.82) is 0 Å². The van der Waals surface area contributed by atoms with Crippen molar-refractivity contribution in [2.24, 2.45) is 0 Å². The third kappa shape index (κ3) is 3.67. The summed E-state index contributed by atoms with van der Waals surface area (Å²) in [5.41, 5.74) is 0.955. The van der Waals surface area contributed by atoms with Gasteiger partial charge in [-0.3, -0.25) is 14.5 Å². The summed E-state index contributed by atoms with van der Waals surface area (Å²) >= 11 is 5.23. The fourth-order valence-electron chi connectivity index (χ4n) is 2.63. The molecule has 6 nitrogen and oxygen atoms in total. The van der Waals surface area contributed by atoms with E-state index >= 15 is 0 Å². The molecule has 2 N–H and O–H groups in total. The van der Waals surface area contributed by atoms with Gasteiger partial charge >= 0.3 is 0 Å². The molecule has 1 aliphatic heterocycles. The Morgan fingerprint density at radius 1 is 1.42 bits per heavy atom. The molecule has 1 saturated carbocycles. The van der Waals surface area contributed by atoms with E-state index < -0.39 is 0 Å². The van der Waals surface area contributed by atoms with Gasteiger partial charge in [0.05, 0.1) is 6.04 Å². The van der Waals surface area contributed by atoms with Crippen LogP contribution >= 0.6 is 12.2 Å². The van der Waals surface area contributed by atoms with Gasteiger partial charge < -0.3 is 15.4 Å². The summed E-state index contributed by atoms with van der Waals surface area (Å²) in [6, 6.07) is 7.27. The molecule has 128 valence electrons. The fourth-order valence-corrected chi connectivity index (χ4v) is 3.05. The molecule has 1 aromatic carbocycles. The summed E-state index contributed by atoms with van der Waals surface area (Å²) in [4.78, 5) is 25.4. The molecule has 0 unspecified atom stereocenters. The van der Waals surface area contributed by atoms with Crippen LogP contribution in [-0.4, -0.2) is 40.5 Å². The maximum absolute atomic E-state index is 12.2. The second-order valence-electron chi connectivity index (χ2n) is 6.25. The number of carbonyl (C=O) groups excluding carboxylic acids is 2. The van der Waals surface area contributed by atoms with Crippen LogP contribution in [-0.2, 0) is 9.59 Å². The number of nitrogens with one attached hydrogen (secondary N) is 2. The summed E-state index contributed by atoms with van der Waals surface area (Å²) < 4.78 is 5.49. The Balaban J connectivity index is 1.58. The van der Waals surface area contributed by atoms with Crippen LogP contribution in [0, 0.1) is 0 Å². The summed E-state index contributed by atoms with van der Waals surface area (Å²) in [6.45, 7) is 3.75. The second kappa shape index (κ2) is 6.76. The fraction of sp³-hybridized carbons (Fsp3) is 0.471. The van der Waals surface area contributed by atoms with Crippen LogP contribution in [0.4, 0.5) is 0 Å². The van der Waals surface area contributed by atoms with Crippen LogP contribution in [0.25, 0.3) is 0 Å². The number of ether oxygens (including phenoxy) is 1. The highest BCUT2D eigenvalue weighted by Gasteiger charge is 2.35. The maximum Gasteiger partial charge on any atom is 0.258 e. The summed E-state index contributed by atoms with van der Waals surface area (Å²) in [5.74, 6) is 0.506. The molecule has 2 atom stereocenters. The largest absolute Gasteiger partial charge is 0.484 e. The topological polar surface area (TPSA) is 70.7 Å². The maximum atomic E-state index is 12.2. The first-order chi connectivity index (χ1) is 11.5. The lowest BCUT2D eigenvalue weighted by Gasteiger charge is -2.23. The van der Waals surface area contributed by atoms with E-state index in [4.69, 9.17) is 17.0 Å². The van der Waals surface area contributed by atoms with Crippen LogP contribution in [0.3, 0.4) is 0 Å². The SMILES string of the molecule is C[C@H](c1ccc(OCC(=O)NC2CC2)cc1)N1C(=O)[C@@H](C)NC1=S. The van der Waals surface area contributed by atoms with Crippen molar-refractivity contribution in [3.63, 3.8) is 0 Å². The second-order valence-corrected chi connectivity index (χ2v) is 6.64. The highest BCUT2D eigenvalue weighted by molar-refractivity contribution is 7.80.